The van der Waals surface area contributed by atoms with Gasteiger partial charge in [-0.05, 0) is 49.6 Å². The van der Waals surface area contributed by atoms with E-state index in [0.717, 1.165) is 55.0 Å². The maximum absolute atomic E-state index is 14.3. The molecule has 4 aromatic rings. The van der Waals surface area contributed by atoms with Crippen molar-refractivity contribution in [2.24, 2.45) is 5.10 Å². The molecule has 0 aliphatic carbocycles. The number of nitrogens with zero attached hydrogens (tertiary/aromatic N) is 6. The van der Waals surface area contributed by atoms with Crippen molar-refractivity contribution in [3.8, 4) is 5.88 Å². The minimum absolute atomic E-state index is 0.0876. The van der Waals surface area contributed by atoms with Crippen molar-refractivity contribution >= 4 is 28.1 Å². The van der Waals surface area contributed by atoms with E-state index in [2.05, 4.69) is 24.9 Å². The fourth-order valence-corrected chi connectivity index (χ4v) is 5.85. The van der Waals surface area contributed by atoms with E-state index in [-0.39, 0.29) is 22.4 Å². The van der Waals surface area contributed by atoms with Gasteiger partial charge in [-0.3, -0.25) is 9.69 Å². The molecule has 41 heavy (non-hydrogen) atoms. The first-order valence-corrected chi connectivity index (χ1v) is 13.6. The Morgan fingerprint density at radius 1 is 1.12 bits per heavy atom. The van der Waals surface area contributed by atoms with Crippen LogP contribution in [0.15, 0.2) is 58.7 Å². The van der Waals surface area contributed by atoms with Crippen molar-refractivity contribution in [2.75, 3.05) is 30.8 Å². The molecule has 0 amide bonds. The molecule has 2 aliphatic rings. The molecular weight excluding hydrogens is 528 g/mol. The van der Waals surface area contributed by atoms with Gasteiger partial charge in [0.1, 0.15) is 5.82 Å². The monoisotopic (exact) mass is 559 g/mol. The van der Waals surface area contributed by atoms with Crippen LogP contribution in [-0.4, -0.2) is 51.5 Å². The van der Waals surface area contributed by atoms with Crippen molar-refractivity contribution in [1.29, 1.82) is 0 Å². The predicted molar refractivity (Wildman–Crippen MR) is 154 cm³/mol. The minimum Gasteiger partial charge on any atom is -0.481 e. The first-order chi connectivity index (χ1) is 19.8. The van der Waals surface area contributed by atoms with E-state index in [0.29, 0.717) is 42.5 Å². The summed E-state index contributed by atoms with van der Waals surface area (Å²) in [6.07, 6.45) is 5.83. The largest absolute Gasteiger partial charge is 0.481 e. The molecule has 6 rings (SSSR count). The van der Waals surface area contributed by atoms with Crippen LogP contribution in [-0.2, 0) is 19.5 Å². The van der Waals surface area contributed by atoms with Gasteiger partial charge in [-0.1, -0.05) is 0 Å². The molecule has 0 radical (unpaired) electrons. The summed E-state index contributed by atoms with van der Waals surface area (Å²) in [6.45, 7) is 4.32. The van der Waals surface area contributed by atoms with Crippen molar-refractivity contribution in [3.63, 3.8) is 0 Å². The number of methoxy groups -OCH3 is 1. The Morgan fingerprint density at radius 3 is 2.73 bits per heavy atom. The van der Waals surface area contributed by atoms with Gasteiger partial charge >= 0.3 is 0 Å². The Hall–Kier alpha value is -4.38. The molecular formula is C30H31F2N7O2. The first kappa shape index (κ1) is 26.8. The summed E-state index contributed by atoms with van der Waals surface area (Å²) >= 11 is 0. The summed E-state index contributed by atoms with van der Waals surface area (Å²) in [7, 11) is 1.58. The maximum Gasteiger partial charge on any atom is 0.213 e. The molecule has 5 heterocycles. The third-order valence-electron chi connectivity index (χ3n) is 7.89. The highest BCUT2D eigenvalue weighted by molar-refractivity contribution is 5.89. The predicted octanol–water partition coefficient (Wildman–Crippen LogP) is 4.11. The number of anilines is 2. The Balaban J connectivity index is 1.41. The number of halogens is 2. The van der Waals surface area contributed by atoms with E-state index in [9.17, 15) is 13.6 Å². The summed E-state index contributed by atoms with van der Waals surface area (Å²) in [4.78, 5) is 27.0. The lowest BCUT2D eigenvalue weighted by molar-refractivity contribution is 0.157. The second-order valence-corrected chi connectivity index (χ2v) is 10.7. The minimum atomic E-state index is -1.06. The second kappa shape index (κ2) is 10.9. The highest BCUT2D eigenvalue weighted by Gasteiger charge is 2.30. The zero-order valence-corrected chi connectivity index (χ0v) is 23.0. The highest BCUT2D eigenvalue weighted by Crippen LogP contribution is 2.29. The lowest BCUT2D eigenvalue weighted by Crippen LogP contribution is -2.48. The zero-order chi connectivity index (χ0) is 28.7. The fourth-order valence-electron chi connectivity index (χ4n) is 5.85. The molecule has 1 atom stereocenters. The number of piperidine rings is 1. The number of aromatic nitrogens is 3. The molecule has 0 unspecified atom stereocenters. The third kappa shape index (κ3) is 5.24. The molecule has 0 bridgehead atoms. The molecule has 9 nitrogen and oxygen atoms in total. The smallest absolute Gasteiger partial charge is 0.213 e. The summed E-state index contributed by atoms with van der Waals surface area (Å²) in [5, 5.41) is 4.69. The zero-order valence-electron chi connectivity index (χ0n) is 23.0. The van der Waals surface area contributed by atoms with Crippen LogP contribution >= 0.6 is 0 Å². The lowest BCUT2D eigenvalue weighted by Gasteiger charge is -2.40. The summed E-state index contributed by atoms with van der Waals surface area (Å²) in [5.74, 6) is -1.09. The number of nitrogen functional groups attached to an aromatic ring is 1. The van der Waals surface area contributed by atoms with Crippen LogP contribution in [0.2, 0.25) is 0 Å². The second-order valence-electron chi connectivity index (χ2n) is 10.7. The topological polar surface area (TPSA) is 102 Å². The fraction of sp³-hybridized carbons (Fsp3) is 0.333. The molecule has 1 saturated heterocycles. The standard InChI is InChI=1S/C30H31F2N7O2/c1-18-10-26-23(30(40)22-12-24(31)25(32)13-27(22)39(26)36-18)17-38(15-19-7-8-34-29(11-19)41-2)21-4-3-9-37(16-21)20-5-6-28(33)35-14-20/h5-8,11-14,21H,3-4,9-10,15-17H2,1-2H3,(H2,33,35)/t21-/m0/s1. The van der Waals surface area contributed by atoms with E-state index in [1.54, 1.807) is 30.2 Å². The van der Waals surface area contributed by atoms with Gasteiger partial charge in [0.05, 0.1) is 35.6 Å². The molecule has 2 N–H and O–H groups in total. The highest BCUT2D eigenvalue weighted by atomic mass is 19.2. The summed E-state index contributed by atoms with van der Waals surface area (Å²) < 4.78 is 35.5. The van der Waals surface area contributed by atoms with E-state index < -0.39 is 11.6 Å². The number of ether oxygens (including phenoxy) is 1. The van der Waals surface area contributed by atoms with E-state index in [1.165, 1.54) is 0 Å². The Labute approximate surface area is 235 Å². The third-order valence-corrected chi connectivity index (χ3v) is 7.89. The van der Waals surface area contributed by atoms with Crippen LogP contribution in [0.4, 0.5) is 20.3 Å². The van der Waals surface area contributed by atoms with Crippen molar-refractivity contribution in [2.45, 2.75) is 45.3 Å². The molecule has 0 saturated carbocycles. The van der Waals surface area contributed by atoms with Crippen molar-refractivity contribution in [3.05, 3.63) is 87.5 Å². The molecule has 1 fully saturated rings. The molecule has 11 heteroatoms. The Kier molecular flexibility index (Phi) is 7.12. The number of pyridine rings is 3. The van der Waals surface area contributed by atoms with Crippen LogP contribution in [0.25, 0.3) is 10.9 Å². The summed E-state index contributed by atoms with van der Waals surface area (Å²) in [5.41, 5.74) is 9.80. The van der Waals surface area contributed by atoms with Gasteiger partial charge in [0.25, 0.3) is 0 Å². The van der Waals surface area contributed by atoms with E-state index in [1.807, 2.05) is 25.1 Å². The SMILES string of the molecule is COc1cc(CN(Cc2c3n(c4cc(F)c(F)cc4c2=O)N=C(C)C3)[C@H]2CCCN(c3ccc(N)nc3)C2)ccn1. The molecule has 2 aliphatic heterocycles. The quantitative estimate of drug-likeness (QED) is 0.364. The van der Waals surface area contributed by atoms with Crippen LogP contribution in [0.5, 0.6) is 5.88 Å². The van der Waals surface area contributed by atoms with Crippen LogP contribution in [0.1, 0.15) is 36.6 Å². The van der Waals surface area contributed by atoms with Gasteiger partial charge in [0.2, 0.25) is 5.88 Å². The number of hydrogen-bond acceptors (Lipinski definition) is 8. The molecule has 3 aromatic heterocycles. The van der Waals surface area contributed by atoms with Crippen LogP contribution < -0.4 is 20.8 Å². The average molecular weight is 560 g/mol. The molecule has 1 aromatic carbocycles. The first-order valence-electron chi connectivity index (χ1n) is 13.6. The number of hydrogen-bond donors (Lipinski definition) is 1. The van der Waals surface area contributed by atoms with E-state index in [4.69, 9.17) is 10.5 Å². The van der Waals surface area contributed by atoms with Crippen molar-refractivity contribution < 1.29 is 13.5 Å². The summed E-state index contributed by atoms with van der Waals surface area (Å²) in [6, 6.07) is 9.72. The van der Waals surface area contributed by atoms with Crippen LogP contribution in [0.3, 0.4) is 0 Å². The number of rotatable bonds is 7. The van der Waals surface area contributed by atoms with Gasteiger partial charge in [0, 0.05) is 68.2 Å². The van der Waals surface area contributed by atoms with E-state index >= 15 is 0 Å². The molecule has 212 valence electrons. The van der Waals surface area contributed by atoms with Crippen molar-refractivity contribution in [1.82, 2.24) is 19.5 Å². The van der Waals surface area contributed by atoms with Crippen LogP contribution in [0, 0.1) is 11.6 Å². The number of nitrogens with two attached hydrogens (primary N) is 1. The average Bonchev–Trinajstić information content (AvgIpc) is 3.37. The number of fused-ring (bicyclic) bond motifs is 3. The Morgan fingerprint density at radius 2 is 1.95 bits per heavy atom. The van der Waals surface area contributed by atoms with Gasteiger partial charge < -0.3 is 15.4 Å². The number of benzene rings is 1. The van der Waals surface area contributed by atoms with Gasteiger partial charge in [-0.25, -0.2) is 23.4 Å². The Bertz CT molecular complexity index is 1700. The lowest BCUT2D eigenvalue weighted by atomic mass is 9.99. The molecule has 0 spiro atoms. The van der Waals surface area contributed by atoms with Gasteiger partial charge in [-0.2, -0.15) is 5.10 Å². The maximum atomic E-state index is 14.3. The normalized spacial score (nSPS) is 16.8. The van der Waals surface area contributed by atoms with Gasteiger partial charge in [0.15, 0.2) is 17.1 Å². The van der Waals surface area contributed by atoms with Gasteiger partial charge in [-0.15, -0.1) is 0 Å².